The Hall–Kier alpha value is -1.60. The Morgan fingerprint density at radius 2 is 1.56 bits per heavy atom. The van der Waals surface area contributed by atoms with Crippen LogP contribution < -0.4 is 0 Å². The highest BCUT2D eigenvalue weighted by Gasteiger charge is 2.01. The highest BCUT2D eigenvalue weighted by Crippen LogP contribution is 2.22. The first-order valence-corrected chi connectivity index (χ1v) is 6.83. The minimum atomic E-state index is 0.973. The van der Waals surface area contributed by atoms with Crippen molar-refractivity contribution in [3.63, 3.8) is 0 Å². The summed E-state index contributed by atoms with van der Waals surface area (Å²) in [5, 5.41) is 2.66. The third-order valence-corrected chi connectivity index (χ3v) is 3.66. The molecule has 3 rings (SSSR count). The zero-order valence-corrected chi connectivity index (χ0v) is 11.5. The van der Waals surface area contributed by atoms with Gasteiger partial charge in [-0.1, -0.05) is 70.5 Å². The molecule has 0 aliphatic carbocycles. The highest BCUT2D eigenvalue weighted by molar-refractivity contribution is 9.10. The fraction of sp³-hybridized carbons (Fsp3) is 0.0588. The van der Waals surface area contributed by atoms with Gasteiger partial charge in [0.05, 0.1) is 0 Å². The first kappa shape index (κ1) is 11.5. The molecule has 3 aromatic carbocycles. The molecule has 0 heterocycles. The molecule has 0 aliphatic heterocycles. The van der Waals surface area contributed by atoms with Crippen molar-refractivity contribution in [2.24, 2.45) is 0 Å². The quantitative estimate of drug-likeness (QED) is 0.610. The topological polar surface area (TPSA) is 0 Å². The van der Waals surface area contributed by atoms with E-state index in [4.69, 9.17) is 0 Å². The molecule has 0 aromatic heterocycles. The van der Waals surface area contributed by atoms with E-state index in [0.29, 0.717) is 0 Å². The van der Waals surface area contributed by atoms with E-state index in [9.17, 15) is 0 Å². The van der Waals surface area contributed by atoms with E-state index in [1.165, 1.54) is 21.9 Å². The lowest BCUT2D eigenvalue weighted by atomic mass is 9.99. The number of benzene rings is 3. The molecule has 0 fully saturated rings. The molecule has 0 unspecified atom stereocenters. The van der Waals surface area contributed by atoms with Gasteiger partial charge in [0, 0.05) is 4.47 Å². The molecule has 0 bridgehead atoms. The molecule has 88 valence electrons. The molecule has 3 aromatic rings. The summed E-state index contributed by atoms with van der Waals surface area (Å²) in [7, 11) is 0. The summed E-state index contributed by atoms with van der Waals surface area (Å²) in [5.41, 5.74) is 2.71. The van der Waals surface area contributed by atoms with E-state index in [1.807, 2.05) is 0 Å². The molecule has 0 spiro atoms. The molecule has 18 heavy (non-hydrogen) atoms. The van der Waals surface area contributed by atoms with Gasteiger partial charge in [-0.15, -0.1) is 0 Å². The number of halogens is 1. The van der Waals surface area contributed by atoms with Crippen LogP contribution in [0.25, 0.3) is 10.8 Å². The lowest BCUT2D eigenvalue weighted by Crippen LogP contribution is -1.89. The molecule has 0 radical (unpaired) electrons. The van der Waals surface area contributed by atoms with Gasteiger partial charge in [0.1, 0.15) is 0 Å². The first-order chi connectivity index (χ1) is 8.83. The van der Waals surface area contributed by atoms with Crippen LogP contribution in [-0.4, -0.2) is 0 Å². The van der Waals surface area contributed by atoms with Crippen LogP contribution in [0.1, 0.15) is 11.1 Å². The van der Waals surface area contributed by atoms with E-state index >= 15 is 0 Å². The Labute approximate surface area is 115 Å². The van der Waals surface area contributed by atoms with Gasteiger partial charge in [0.15, 0.2) is 0 Å². The fourth-order valence-corrected chi connectivity index (χ4v) is 2.76. The SMILES string of the molecule is Brc1cccc(Cc2cccc3ccccc23)c1. The molecule has 0 saturated heterocycles. The summed E-state index contributed by atoms with van der Waals surface area (Å²) in [6.07, 6.45) is 0.973. The summed E-state index contributed by atoms with van der Waals surface area (Å²) in [6.45, 7) is 0. The van der Waals surface area contributed by atoms with Crippen molar-refractivity contribution >= 4 is 26.7 Å². The van der Waals surface area contributed by atoms with Crippen molar-refractivity contribution in [2.45, 2.75) is 6.42 Å². The third-order valence-electron chi connectivity index (χ3n) is 3.16. The molecule has 0 nitrogen and oxygen atoms in total. The summed E-state index contributed by atoms with van der Waals surface area (Å²) < 4.78 is 1.14. The van der Waals surface area contributed by atoms with Crippen LogP contribution >= 0.6 is 15.9 Å². The zero-order chi connectivity index (χ0) is 12.4. The van der Waals surface area contributed by atoms with Gasteiger partial charge < -0.3 is 0 Å². The monoisotopic (exact) mass is 296 g/mol. The lowest BCUT2D eigenvalue weighted by Gasteiger charge is -2.07. The van der Waals surface area contributed by atoms with Gasteiger partial charge >= 0.3 is 0 Å². The van der Waals surface area contributed by atoms with Gasteiger partial charge in [0.2, 0.25) is 0 Å². The highest BCUT2D eigenvalue weighted by atomic mass is 79.9. The predicted octanol–water partition coefficient (Wildman–Crippen LogP) is 5.19. The van der Waals surface area contributed by atoms with E-state index in [0.717, 1.165) is 10.9 Å². The fourth-order valence-electron chi connectivity index (χ4n) is 2.31. The Kier molecular flexibility index (Phi) is 3.16. The molecular formula is C17H13Br. The lowest BCUT2D eigenvalue weighted by molar-refractivity contribution is 1.21. The average Bonchev–Trinajstić information content (AvgIpc) is 2.39. The molecule has 0 amide bonds. The minimum Gasteiger partial charge on any atom is -0.0616 e. The molecule has 0 atom stereocenters. The maximum atomic E-state index is 3.53. The summed E-state index contributed by atoms with van der Waals surface area (Å²) in [6, 6.07) is 23.6. The average molecular weight is 297 g/mol. The van der Waals surface area contributed by atoms with Crippen molar-refractivity contribution in [2.75, 3.05) is 0 Å². The second-order valence-corrected chi connectivity index (χ2v) is 5.36. The molecule has 0 N–H and O–H groups in total. The Bertz CT molecular complexity index is 681. The Morgan fingerprint density at radius 3 is 2.44 bits per heavy atom. The van der Waals surface area contributed by atoms with Crippen molar-refractivity contribution in [1.29, 1.82) is 0 Å². The standard InChI is InChI=1S/C17H13Br/c18-16-9-3-5-13(12-16)11-15-8-4-7-14-6-1-2-10-17(14)15/h1-10,12H,11H2. The number of rotatable bonds is 2. The zero-order valence-electron chi connectivity index (χ0n) is 9.94. The van der Waals surface area contributed by atoms with Crippen LogP contribution in [-0.2, 0) is 6.42 Å². The van der Waals surface area contributed by atoms with Crippen LogP contribution in [0.4, 0.5) is 0 Å². The molecular weight excluding hydrogens is 284 g/mol. The third kappa shape index (κ3) is 2.32. The van der Waals surface area contributed by atoms with E-state index < -0.39 is 0 Å². The van der Waals surface area contributed by atoms with Crippen LogP contribution in [0.3, 0.4) is 0 Å². The van der Waals surface area contributed by atoms with Gasteiger partial charge in [-0.05, 0) is 40.5 Å². The second-order valence-electron chi connectivity index (χ2n) is 4.44. The first-order valence-electron chi connectivity index (χ1n) is 6.04. The summed E-state index contributed by atoms with van der Waals surface area (Å²) >= 11 is 3.53. The van der Waals surface area contributed by atoms with Crippen LogP contribution in [0.2, 0.25) is 0 Å². The number of hydrogen-bond donors (Lipinski definition) is 0. The van der Waals surface area contributed by atoms with Gasteiger partial charge in [0.25, 0.3) is 0 Å². The van der Waals surface area contributed by atoms with Gasteiger partial charge in [-0.3, -0.25) is 0 Å². The van der Waals surface area contributed by atoms with Crippen molar-refractivity contribution in [1.82, 2.24) is 0 Å². The van der Waals surface area contributed by atoms with Crippen molar-refractivity contribution in [3.8, 4) is 0 Å². The van der Waals surface area contributed by atoms with Gasteiger partial charge in [-0.25, -0.2) is 0 Å². The molecule has 0 aliphatic rings. The largest absolute Gasteiger partial charge is 0.0616 e. The number of fused-ring (bicyclic) bond motifs is 1. The van der Waals surface area contributed by atoms with Gasteiger partial charge in [-0.2, -0.15) is 0 Å². The summed E-state index contributed by atoms with van der Waals surface area (Å²) in [5.74, 6) is 0. The normalized spacial score (nSPS) is 10.7. The predicted molar refractivity (Wildman–Crippen MR) is 80.9 cm³/mol. The maximum Gasteiger partial charge on any atom is 0.0178 e. The van der Waals surface area contributed by atoms with Crippen LogP contribution in [0.5, 0.6) is 0 Å². The van der Waals surface area contributed by atoms with E-state index in [-0.39, 0.29) is 0 Å². The van der Waals surface area contributed by atoms with Crippen LogP contribution in [0.15, 0.2) is 71.2 Å². The van der Waals surface area contributed by atoms with Crippen LogP contribution in [0, 0.1) is 0 Å². The van der Waals surface area contributed by atoms with Crippen molar-refractivity contribution < 1.29 is 0 Å². The Balaban J connectivity index is 2.05. The molecule has 1 heteroatoms. The smallest absolute Gasteiger partial charge is 0.0178 e. The molecule has 0 saturated carbocycles. The maximum absolute atomic E-state index is 3.53. The van der Waals surface area contributed by atoms with Crippen molar-refractivity contribution in [3.05, 3.63) is 82.3 Å². The number of hydrogen-bond acceptors (Lipinski definition) is 0. The van der Waals surface area contributed by atoms with E-state index in [2.05, 4.69) is 82.7 Å². The van der Waals surface area contributed by atoms with E-state index in [1.54, 1.807) is 0 Å². The Morgan fingerprint density at radius 1 is 0.778 bits per heavy atom. The minimum absolute atomic E-state index is 0.973. The second kappa shape index (κ2) is 4.95. The summed E-state index contributed by atoms with van der Waals surface area (Å²) in [4.78, 5) is 0.